The molecular formula is C23H26N2O7S. The minimum atomic E-state index is -3.90. The third-order valence-corrected chi connectivity index (χ3v) is 6.16. The Morgan fingerprint density at radius 2 is 1.76 bits per heavy atom. The quantitative estimate of drug-likeness (QED) is 0.339. The molecular weight excluding hydrogens is 448 g/mol. The van der Waals surface area contributed by atoms with Gasteiger partial charge in [-0.1, -0.05) is 60.7 Å². The smallest absolute Gasteiger partial charge is 0.264 e. The molecule has 0 unspecified atom stereocenters. The number of hydrogen-bond acceptors (Lipinski definition) is 9. The highest BCUT2D eigenvalue weighted by atomic mass is 32.2. The van der Waals surface area contributed by atoms with Crippen molar-refractivity contribution in [3.05, 3.63) is 71.8 Å². The monoisotopic (exact) mass is 474 g/mol. The van der Waals surface area contributed by atoms with Crippen LogP contribution >= 0.6 is 0 Å². The molecule has 176 valence electrons. The highest BCUT2D eigenvalue weighted by molar-refractivity contribution is 7.86. The van der Waals surface area contributed by atoms with Gasteiger partial charge in [0.05, 0.1) is 19.4 Å². The fourth-order valence-electron chi connectivity index (χ4n) is 4.18. The van der Waals surface area contributed by atoms with Crippen molar-refractivity contribution in [3.63, 3.8) is 0 Å². The lowest BCUT2D eigenvalue weighted by molar-refractivity contribution is -0.344. The molecule has 0 amide bonds. The van der Waals surface area contributed by atoms with Crippen LogP contribution in [-0.4, -0.2) is 63.9 Å². The maximum atomic E-state index is 12.1. The first kappa shape index (κ1) is 23.6. The molecule has 10 heteroatoms. The van der Waals surface area contributed by atoms with Crippen molar-refractivity contribution in [2.24, 2.45) is 0 Å². The first-order chi connectivity index (χ1) is 15.9. The molecule has 2 aromatic rings. The third kappa shape index (κ3) is 5.52. The number of benzene rings is 2. The van der Waals surface area contributed by atoms with Gasteiger partial charge in [-0.25, -0.2) is 0 Å². The molecule has 0 saturated carbocycles. The van der Waals surface area contributed by atoms with Gasteiger partial charge in [-0.15, -0.1) is 0 Å². The van der Waals surface area contributed by atoms with Gasteiger partial charge in [0.15, 0.2) is 24.9 Å². The van der Waals surface area contributed by atoms with Crippen molar-refractivity contribution in [2.45, 2.75) is 43.5 Å². The van der Waals surface area contributed by atoms with Crippen LogP contribution in [0.2, 0.25) is 0 Å². The zero-order chi connectivity index (χ0) is 23.4. The summed E-state index contributed by atoms with van der Waals surface area (Å²) in [5.74, 6) is 0. The molecule has 0 aromatic heterocycles. The molecule has 2 heterocycles. The second-order valence-electron chi connectivity index (χ2n) is 7.92. The maximum Gasteiger partial charge on any atom is 0.264 e. The third-order valence-electron chi connectivity index (χ3n) is 5.58. The van der Waals surface area contributed by atoms with Gasteiger partial charge in [0.2, 0.25) is 0 Å². The van der Waals surface area contributed by atoms with Crippen molar-refractivity contribution < 1.29 is 31.5 Å². The molecule has 4 rings (SSSR count). The minimum Gasteiger partial charge on any atom is -0.353 e. The molecule has 2 aliphatic heterocycles. The van der Waals surface area contributed by atoms with Gasteiger partial charge in [-0.05, 0) is 5.56 Å². The van der Waals surface area contributed by atoms with E-state index in [1.165, 1.54) is 12.0 Å². The summed E-state index contributed by atoms with van der Waals surface area (Å²) in [5, 5.41) is 10.1. The summed E-state index contributed by atoms with van der Waals surface area (Å²) in [6.45, 7) is 0.405. The average molecular weight is 475 g/mol. The predicted molar refractivity (Wildman–Crippen MR) is 117 cm³/mol. The van der Waals surface area contributed by atoms with Crippen LogP contribution in [0.3, 0.4) is 0 Å². The number of nitriles is 1. The van der Waals surface area contributed by atoms with E-state index in [-0.39, 0.29) is 13.2 Å². The normalized spacial score (nSPS) is 29.6. The van der Waals surface area contributed by atoms with Gasteiger partial charge in [-0.3, -0.25) is 9.08 Å². The molecule has 2 aliphatic rings. The van der Waals surface area contributed by atoms with Gasteiger partial charge < -0.3 is 18.9 Å². The Labute approximate surface area is 193 Å². The largest absolute Gasteiger partial charge is 0.353 e. The van der Waals surface area contributed by atoms with Crippen molar-refractivity contribution >= 4 is 10.1 Å². The highest BCUT2D eigenvalue weighted by Gasteiger charge is 2.54. The number of rotatable bonds is 7. The van der Waals surface area contributed by atoms with Gasteiger partial charge in [0.1, 0.15) is 18.2 Å². The van der Waals surface area contributed by atoms with E-state index in [4.69, 9.17) is 23.1 Å². The topological polar surface area (TPSA) is 107 Å². The fourth-order valence-corrected chi connectivity index (χ4v) is 4.79. The zero-order valence-corrected chi connectivity index (χ0v) is 19.1. The number of nitrogens with zero attached hydrogens (tertiary/aromatic N) is 2. The van der Waals surface area contributed by atoms with Crippen molar-refractivity contribution in [1.82, 2.24) is 4.90 Å². The molecule has 33 heavy (non-hydrogen) atoms. The molecule has 0 N–H and O–H groups in total. The lowest BCUT2D eigenvalue weighted by Gasteiger charge is -2.50. The molecule has 0 bridgehead atoms. The first-order valence-corrected chi connectivity index (χ1v) is 12.3. The summed E-state index contributed by atoms with van der Waals surface area (Å²) in [5.41, 5.74) is 1.68. The van der Waals surface area contributed by atoms with Crippen molar-refractivity contribution in [3.8, 4) is 6.19 Å². The van der Waals surface area contributed by atoms with Crippen LogP contribution in [0.5, 0.6) is 0 Å². The lowest BCUT2D eigenvalue weighted by Crippen LogP contribution is -2.67. The Balaban J connectivity index is 1.70. The molecule has 2 fully saturated rings. The van der Waals surface area contributed by atoms with Crippen LogP contribution in [0, 0.1) is 11.5 Å². The summed E-state index contributed by atoms with van der Waals surface area (Å²) >= 11 is 0. The van der Waals surface area contributed by atoms with Gasteiger partial charge in [-0.2, -0.15) is 13.7 Å². The Morgan fingerprint density at radius 3 is 2.36 bits per heavy atom. The Morgan fingerprint density at radius 1 is 1.09 bits per heavy atom. The predicted octanol–water partition coefficient (Wildman–Crippen LogP) is 2.17. The number of methoxy groups -OCH3 is 1. The van der Waals surface area contributed by atoms with Crippen LogP contribution in [0.15, 0.2) is 60.7 Å². The van der Waals surface area contributed by atoms with E-state index in [0.717, 1.165) is 17.4 Å². The van der Waals surface area contributed by atoms with Gasteiger partial charge >= 0.3 is 0 Å². The number of ether oxygens (including phenoxy) is 4. The number of hydrogen-bond donors (Lipinski definition) is 0. The van der Waals surface area contributed by atoms with E-state index < -0.39 is 47.1 Å². The first-order valence-electron chi connectivity index (χ1n) is 10.5. The Kier molecular flexibility index (Phi) is 7.29. The van der Waals surface area contributed by atoms with Crippen LogP contribution in [0.1, 0.15) is 17.4 Å². The van der Waals surface area contributed by atoms with E-state index in [2.05, 4.69) is 6.19 Å². The van der Waals surface area contributed by atoms with Crippen LogP contribution in [-0.2, 0) is 39.8 Å². The van der Waals surface area contributed by atoms with E-state index in [1.54, 1.807) is 0 Å². The second-order valence-corrected chi connectivity index (χ2v) is 9.53. The van der Waals surface area contributed by atoms with E-state index in [1.807, 2.05) is 60.7 Å². The maximum absolute atomic E-state index is 12.1. The lowest BCUT2D eigenvalue weighted by atomic mass is 9.93. The minimum absolute atomic E-state index is 0.177. The summed E-state index contributed by atoms with van der Waals surface area (Å²) in [7, 11) is -2.51. The van der Waals surface area contributed by atoms with Gasteiger partial charge in [0.25, 0.3) is 10.1 Å². The van der Waals surface area contributed by atoms with Crippen LogP contribution in [0.4, 0.5) is 0 Å². The summed E-state index contributed by atoms with van der Waals surface area (Å²) in [6, 6.07) is 18.0. The average Bonchev–Trinajstić information content (AvgIpc) is 2.82. The standard InChI is InChI=1S/C23H26N2O7S/c1-28-23-21(32-33(2,26)27)19(25(15-24)13-16-9-5-3-6-10-16)20-18(30-23)14-29-22(31-20)17-11-7-4-8-12-17/h3-12,18-23H,13-14H2,1-2H3/t18-,19+,20-,21-,22-,23-/m0/s1. The van der Waals surface area contributed by atoms with Crippen LogP contribution in [0.25, 0.3) is 0 Å². The molecule has 2 saturated heterocycles. The van der Waals surface area contributed by atoms with E-state index >= 15 is 0 Å². The molecule has 0 radical (unpaired) electrons. The Hall–Kier alpha value is -2.52. The highest BCUT2D eigenvalue weighted by Crippen LogP contribution is 2.38. The molecule has 2 aromatic carbocycles. The molecule has 0 spiro atoms. The SMILES string of the molecule is CO[C@H]1O[C@H]2CO[C@H](c3ccccc3)O[C@@H]2[C@@H](N(C#N)Cc2ccccc2)[C@@H]1OS(C)(=O)=O. The summed E-state index contributed by atoms with van der Waals surface area (Å²) in [6.07, 6.45) is -1.04. The van der Waals surface area contributed by atoms with Crippen LogP contribution < -0.4 is 0 Å². The molecule has 0 aliphatic carbocycles. The second kappa shape index (κ2) is 10.2. The summed E-state index contributed by atoms with van der Waals surface area (Å²) in [4.78, 5) is 1.46. The fraction of sp³-hybridized carbons (Fsp3) is 0.435. The van der Waals surface area contributed by atoms with Crippen molar-refractivity contribution in [1.29, 1.82) is 5.26 Å². The Bertz CT molecular complexity index is 1060. The van der Waals surface area contributed by atoms with E-state index in [9.17, 15) is 13.7 Å². The molecule has 9 nitrogen and oxygen atoms in total. The van der Waals surface area contributed by atoms with E-state index in [0.29, 0.717) is 0 Å². The number of fused-ring (bicyclic) bond motifs is 1. The molecule has 6 atom stereocenters. The zero-order valence-electron chi connectivity index (χ0n) is 18.3. The van der Waals surface area contributed by atoms with Crippen molar-refractivity contribution in [2.75, 3.05) is 20.0 Å². The summed E-state index contributed by atoms with van der Waals surface area (Å²) < 4.78 is 53.2. The van der Waals surface area contributed by atoms with Gasteiger partial charge in [0, 0.05) is 12.7 Å².